The van der Waals surface area contributed by atoms with Gasteiger partial charge in [-0.1, -0.05) is 6.92 Å². The van der Waals surface area contributed by atoms with E-state index in [1.807, 2.05) is 6.92 Å². The molecule has 0 fully saturated rings. The Kier molecular flexibility index (Phi) is 9.30. The summed E-state index contributed by atoms with van der Waals surface area (Å²) in [4.78, 5) is 10.8. The second-order valence-corrected chi connectivity index (χ2v) is 2.64. The van der Waals surface area contributed by atoms with Crippen molar-refractivity contribution in [3.05, 3.63) is 0 Å². The molecule has 0 aromatic heterocycles. The fraction of sp³-hybridized carbons (Fsp3) is 0.889. The van der Waals surface area contributed by atoms with Crippen molar-refractivity contribution in [1.29, 1.82) is 0 Å². The molecular weight excluding hydrogens is 172 g/mol. The van der Waals surface area contributed by atoms with Gasteiger partial charge in [0, 0.05) is 13.7 Å². The van der Waals surface area contributed by atoms with Crippen molar-refractivity contribution in [2.24, 2.45) is 0 Å². The Bertz CT molecular complexity index is 125. The van der Waals surface area contributed by atoms with Crippen LogP contribution >= 0.6 is 0 Å². The SMILES string of the molecule is CCCOCCOCC(=O)COC. The predicted octanol–water partition coefficient (Wildman–Crippen LogP) is 0.645. The molecule has 0 atom stereocenters. The maximum Gasteiger partial charge on any atom is 0.183 e. The van der Waals surface area contributed by atoms with Crippen LogP contribution in [-0.2, 0) is 19.0 Å². The zero-order valence-corrected chi connectivity index (χ0v) is 8.38. The Labute approximate surface area is 79.2 Å². The summed E-state index contributed by atoms with van der Waals surface area (Å²) >= 11 is 0. The maximum atomic E-state index is 10.8. The highest BCUT2D eigenvalue weighted by Crippen LogP contribution is 1.83. The third-order valence-corrected chi connectivity index (χ3v) is 1.29. The number of hydrogen-bond acceptors (Lipinski definition) is 4. The lowest BCUT2D eigenvalue weighted by Gasteiger charge is -2.03. The minimum atomic E-state index is -0.0435. The highest BCUT2D eigenvalue weighted by molar-refractivity contribution is 5.80. The molecule has 0 amide bonds. The van der Waals surface area contributed by atoms with Gasteiger partial charge in [0.25, 0.3) is 0 Å². The summed E-state index contributed by atoms with van der Waals surface area (Å²) in [5, 5.41) is 0. The Hall–Kier alpha value is -0.450. The van der Waals surface area contributed by atoms with Gasteiger partial charge in [0.05, 0.1) is 13.2 Å². The van der Waals surface area contributed by atoms with Crippen molar-refractivity contribution in [1.82, 2.24) is 0 Å². The fourth-order valence-electron chi connectivity index (χ4n) is 0.753. The Morgan fingerprint density at radius 1 is 1.08 bits per heavy atom. The summed E-state index contributed by atoms with van der Waals surface area (Å²) in [5.41, 5.74) is 0. The molecule has 0 radical (unpaired) electrons. The number of hydrogen-bond donors (Lipinski definition) is 0. The van der Waals surface area contributed by atoms with Gasteiger partial charge in [0.1, 0.15) is 13.2 Å². The average molecular weight is 190 g/mol. The number of rotatable bonds is 9. The first-order valence-corrected chi connectivity index (χ1v) is 4.47. The number of Topliss-reactive ketones (excluding diaryl/α,β-unsaturated/α-hetero) is 1. The Morgan fingerprint density at radius 2 is 1.77 bits per heavy atom. The van der Waals surface area contributed by atoms with Crippen molar-refractivity contribution >= 4 is 5.78 Å². The van der Waals surface area contributed by atoms with Gasteiger partial charge in [0.15, 0.2) is 5.78 Å². The summed E-state index contributed by atoms with van der Waals surface area (Å²) in [5.74, 6) is -0.0435. The maximum absolute atomic E-state index is 10.8. The lowest BCUT2D eigenvalue weighted by molar-refractivity contribution is -0.127. The molecule has 0 aliphatic rings. The molecule has 0 N–H and O–H groups in total. The van der Waals surface area contributed by atoms with E-state index < -0.39 is 0 Å². The summed E-state index contributed by atoms with van der Waals surface area (Å²) in [6, 6.07) is 0. The predicted molar refractivity (Wildman–Crippen MR) is 48.8 cm³/mol. The highest BCUT2D eigenvalue weighted by atomic mass is 16.5. The van der Waals surface area contributed by atoms with E-state index in [9.17, 15) is 4.79 Å². The molecule has 0 aromatic carbocycles. The normalized spacial score (nSPS) is 10.3. The van der Waals surface area contributed by atoms with Crippen LogP contribution in [0.4, 0.5) is 0 Å². The molecule has 0 saturated carbocycles. The van der Waals surface area contributed by atoms with Crippen LogP contribution in [0.1, 0.15) is 13.3 Å². The van der Waals surface area contributed by atoms with Gasteiger partial charge in [0.2, 0.25) is 0 Å². The molecule has 0 aliphatic carbocycles. The first-order chi connectivity index (χ1) is 6.31. The topological polar surface area (TPSA) is 44.8 Å². The third-order valence-electron chi connectivity index (χ3n) is 1.29. The van der Waals surface area contributed by atoms with Gasteiger partial charge in [-0.05, 0) is 6.42 Å². The molecule has 0 spiro atoms. The quantitative estimate of drug-likeness (QED) is 0.501. The van der Waals surface area contributed by atoms with Gasteiger partial charge in [-0.15, -0.1) is 0 Å². The van der Waals surface area contributed by atoms with E-state index in [1.54, 1.807) is 0 Å². The lowest BCUT2D eigenvalue weighted by atomic mass is 10.4. The van der Waals surface area contributed by atoms with E-state index in [1.165, 1.54) is 7.11 Å². The van der Waals surface area contributed by atoms with Crippen LogP contribution in [0.25, 0.3) is 0 Å². The third kappa shape index (κ3) is 9.46. The van der Waals surface area contributed by atoms with Gasteiger partial charge in [-0.3, -0.25) is 4.79 Å². The van der Waals surface area contributed by atoms with Crippen molar-refractivity contribution in [3.63, 3.8) is 0 Å². The van der Waals surface area contributed by atoms with Crippen LogP contribution in [0, 0.1) is 0 Å². The van der Waals surface area contributed by atoms with Gasteiger partial charge in [-0.2, -0.15) is 0 Å². The summed E-state index contributed by atoms with van der Waals surface area (Å²) in [7, 11) is 1.49. The number of carbonyl (C=O) groups excluding carboxylic acids is 1. The molecule has 0 bridgehead atoms. The van der Waals surface area contributed by atoms with E-state index in [0.29, 0.717) is 13.2 Å². The second kappa shape index (κ2) is 9.64. The van der Waals surface area contributed by atoms with Crippen LogP contribution in [0.3, 0.4) is 0 Å². The molecule has 0 aliphatic heterocycles. The van der Waals surface area contributed by atoms with E-state index in [2.05, 4.69) is 4.74 Å². The highest BCUT2D eigenvalue weighted by Gasteiger charge is 1.99. The molecule has 0 aromatic rings. The van der Waals surface area contributed by atoms with E-state index >= 15 is 0 Å². The average Bonchev–Trinajstić information content (AvgIpc) is 2.11. The van der Waals surface area contributed by atoms with Gasteiger partial charge in [-0.25, -0.2) is 0 Å². The number of carbonyl (C=O) groups is 1. The molecular formula is C9H18O4. The van der Waals surface area contributed by atoms with Crippen molar-refractivity contribution in [3.8, 4) is 0 Å². The summed E-state index contributed by atoms with van der Waals surface area (Å²) < 4.78 is 14.8. The first-order valence-electron chi connectivity index (χ1n) is 4.47. The fourth-order valence-corrected chi connectivity index (χ4v) is 0.753. The van der Waals surface area contributed by atoms with Crippen LogP contribution < -0.4 is 0 Å². The van der Waals surface area contributed by atoms with Crippen molar-refractivity contribution in [2.45, 2.75) is 13.3 Å². The number of methoxy groups -OCH3 is 1. The largest absolute Gasteiger partial charge is 0.379 e. The van der Waals surface area contributed by atoms with E-state index in [-0.39, 0.29) is 19.0 Å². The second-order valence-electron chi connectivity index (χ2n) is 2.64. The minimum Gasteiger partial charge on any atom is -0.379 e. The first kappa shape index (κ1) is 12.6. The standard InChI is InChI=1S/C9H18O4/c1-3-4-12-5-6-13-8-9(10)7-11-2/h3-8H2,1-2H3. The molecule has 4 heteroatoms. The lowest BCUT2D eigenvalue weighted by Crippen LogP contribution is -2.16. The molecule has 0 rings (SSSR count). The van der Waals surface area contributed by atoms with Crippen LogP contribution in [0.15, 0.2) is 0 Å². The van der Waals surface area contributed by atoms with Crippen LogP contribution in [-0.4, -0.2) is 45.9 Å². The van der Waals surface area contributed by atoms with E-state index in [0.717, 1.165) is 13.0 Å². The zero-order valence-electron chi connectivity index (χ0n) is 8.38. The zero-order chi connectivity index (χ0) is 9.94. The molecule has 0 heterocycles. The Balaban J connectivity index is 3.02. The smallest absolute Gasteiger partial charge is 0.183 e. The number of ketones is 1. The Morgan fingerprint density at radius 3 is 2.38 bits per heavy atom. The molecule has 13 heavy (non-hydrogen) atoms. The van der Waals surface area contributed by atoms with Crippen LogP contribution in [0.5, 0.6) is 0 Å². The van der Waals surface area contributed by atoms with Crippen molar-refractivity contribution < 1.29 is 19.0 Å². The molecule has 4 nitrogen and oxygen atoms in total. The van der Waals surface area contributed by atoms with Crippen LogP contribution in [0.2, 0.25) is 0 Å². The summed E-state index contributed by atoms with van der Waals surface area (Å²) in [6.45, 7) is 4.04. The molecule has 0 unspecified atom stereocenters. The molecule has 0 saturated heterocycles. The van der Waals surface area contributed by atoms with E-state index in [4.69, 9.17) is 9.47 Å². The summed E-state index contributed by atoms with van der Waals surface area (Å²) in [6.07, 6.45) is 1.00. The minimum absolute atomic E-state index is 0.0435. The number of ether oxygens (including phenoxy) is 3. The van der Waals surface area contributed by atoms with Gasteiger partial charge < -0.3 is 14.2 Å². The van der Waals surface area contributed by atoms with Gasteiger partial charge >= 0.3 is 0 Å². The molecule has 78 valence electrons. The van der Waals surface area contributed by atoms with Crippen molar-refractivity contribution in [2.75, 3.05) is 40.1 Å². The monoisotopic (exact) mass is 190 g/mol.